The minimum Gasteiger partial charge on any atom is -0.293 e. The number of aryl methyl sites for hydroxylation is 2. The monoisotopic (exact) mass is 326 g/mol. The molecule has 0 aromatic carbocycles. The number of Topliss-reactive ketones (excluding diaryl/α,β-unsaturated/α-hetero) is 1. The van der Waals surface area contributed by atoms with Crippen molar-refractivity contribution in [1.29, 1.82) is 0 Å². The number of carbonyl (C=O) groups is 1. The number of carbonyl (C=O) groups excluding carboxylic acids is 1. The number of hydrogen-bond acceptors (Lipinski definition) is 3. The minimum atomic E-state index is 0.263. The number of thiophene rings is 2. The molecule has 0 saturated heterocycles. The van der Waals surface area contributed by atoms with Gasteiger partial charge in [-0.25, -0.2) is 0 Å². The molecule has 2 aromatic rings. The van der Waals surface area contributed by atoms with Crippen LogP contribution in [0.25, 0.3) is 0 Å². The molecular formula is C13H11BrOS2. The molecule has 2 aromatic heterocycles. The van der Waals surface area contributed by atoms with E-state index < -0.39 is 0 Å². The van der Waals surface area contributed by atoms with Crippen LogP contribution in [0.15, 0.2) is 22.0 Å². The van der Waals surface area contributed by atoms with Gasteiger partial charge in [-0.3, -0.25) is 4.79 Å². The van der Waals surface area contributed by atoms with Crippen molar-refractivity contribution in [3.05, 3.63) is 42.2 Å². The lowest BCUT2D eigenvalue weighted by Gasteiger charge is -1.95. The van der Waals surface area contributed by atoms with Gasteiger partial charge in [-0.15, -0.1) is 22.7 Å². The Morgan fingerprint density at radius 3 is 2.94 bits per heavy atom. The topological polar surface area (TPSA) is 17.1 Å². The van der Waals surface area contributed by atoms with E-state index in [4.69, 9.17) is 0 Å². The zero-order valence-corrected chi connectivity index (χ0v) is 12.4. The van der Waals surface area contributed by atoms with E-state index in [-0.39, 0.29) is 5.78 Å². The minimum absolute atomic E-state index is 0.263. The summed E-state index contributed by atoms with van der Waals surface area (Å²) in [6.07, 6.45) is 4.12. The number of fused-ring (bicyclic) bond motifs is 1. The predicted molar refractivity (Wildman–Crippen MR) is 76.4 cm³/mol. The van der Waals surface area contributed by atoms with E-state index >= 15 is 0 Å². The molecule has 88 valence electrons. The lowest BCUT2D eigenvalue weighted by Crippen LogP contribution is -1.99. The van der Waals surface area contributed by atoms with Crippen molar-refractivity contribution in [3.63, 3.8) is 0 Å². The lowest BCUT2D eigenvalue weighted by atomic mass is 10.2. The maximum absolute atomic E-state index is 12.1. The maximum Gasteiger partial charge on any atom is 0.177 e. The zero-order valence-electron chi connectivity index (χ0n) is 9.16. The van der Waals surface area contributed by atoms with Gasteiger partial charge >= 0.3 is 0 Å². The molecule has 0 N–H and O–H groups in total. The summed E-state index contributed by atoms with van der Waals surface area (Å²) in [5.74, 6) is 0.263. The Hall–Kier alpha value is -0.450. The van der Waals surface area contributed by atoms with Crippen LogP contribution in [0.4, 0.5) is 0 Å². The summed E-state index contributed by atoms with van der Waals surface area (Å²) in [5.41, 5.74) is 1.41. The molecule has 0 fully saturated rings. The average Bonchev–Trinajstić information content (AvgIpc) is 2.92. The molecular weight excluding hydrogens is 316 g/mol. The van der Waals surface area contributed by atoms with Crippen molar-refractivity contribution >= 4 is 44.4 Å². The first kappa shape index (κ1) is 11.6. The second-order valence-electron chi connectivity index (χ2n) is 4.24. The second-order valence-corrected chi connectivity index (χ2v) is 7.29. The molecule has 0 spiro atoms. The summed E-state index contributed by atoms with van der Waals surface area (Å²) in [6.45, 7) is 0. The van der Waals surface area contributed by atoms with Crippen molar-refractivity contribution < 1.29 is 4.79 Å². The molecule has 0 bridgehead atoms. The van der Waals surface area contributed by atoms with Gasteiger partial charge in [0, 0.05) is 26.0 Å². The molecule has 0 unspecified atom stereocenters. The standard InChI is InChI=1S/C13H11BrOS2/c14-9-5-10(16-7-9)6-11(15)13-4-8-2-1-3-12(8)17-13/h4-5,7H,1-3,6H2. The van der Waals surface area contributed by atoms with Gasteiger partial charge in [0.2, 0.25) is 0 Å². The molecule has 0 saturated carbocycles. The number of ketones is 1. The van der Waals surface area contributed by atoms with E-state index in [0.717, 1.165) is 27.1 Å². The van der Waals surface area contributed by atoms with Crippen LogP contribution >= 0.6 is 38.6 Å². The molecule has 0 atom stereocenters. The Morgan fingerprint density at radius 1 is 1.35 bits per heavy atom. The number of rotatable bonds is 3. The van der Waals surface area contributed by atoms with Gasteiger partial charge in [-0.1, -0.05) is 0 Å². The van der Waals surface area contributed by atoms with Gasteiger partial charge in [0.25, 0.3) is 0 Å². The molecule has 1 aliphatic carbocycles. The fourth-order valence-corrected chi connectivity index (χ4v) is 4.80. The van der Waals surface area contributed by atoms with E-state index in [1.165, 1.54) is 16.9 Å². The maximum atomic E-state index is 12.1. The van der Waals surface area contributed by atoms with Gasteiger partial charge in [0.1, 0.15) is 0 Å². The second kappa shape index (κ2) is 4.67. The summed E-state index contributed by atoms with van der Waals surface area (Å²) in [7, 11) is 0. The first-order chi connectivity index (χ1) is 8.22. The summed E-state index contributed by atoms with van der Waals surface area (Å²) in [4.78, 5) is 15.6. The van der Waals surface area contributed by atoms with E-state index in [1.807, 2.05) is 11.4 Å². The Morgan fingerprint density at radius 2 is 2.24 bits per heavy atom. The number of halogens is 1. The largest absolute Gasteiger partial charge is 0.293 e. The molecule has 1 aliphatic rings. The Bertz CT molecular complexity index is 546. The third-order valence-corrected chi connectivity index (χ3v) is 5.95. The van der Waals surface area contributed by atoms with E-state index in [1.54, 1.807) is 22.7 Å². The fraction of sp³-hybridized carbons (Fsp3) is 0.308. The van der Waals surface area contributed by atoms with Crippen molar-refractivity contribution in [3.8, 4) is 0 Å². The molecule has 3 rings (SSSR count). The Labute approximate surface area is 117 Å². The molecule has 4 heteroatoms. The lowest BCUT2D eigenvalue weighted by molar-refractivity contribution is 0.0997. The molecule has 0 radical (unpaired) electrons. The van der Waals surface area contributed by atoms with Crippen LogP contribution in [0.3, 0.4) is 0 Å². The highest BCUT2D eigenvalue weighted by molar-refractivity contribution is 9.10. The summed E-state index contributed by atoms with van der Waals surface area (Å²) in [6, 6.07) is 4.14. The quantitative estimate of drug-likeness (QED) is 0.759. The third kappa shape index (κ3) is 2.39. The molecule has 1 nitrogen and oxygen atoms in total. The van der Waals surface area contributed by atoms with Gasteiger partial charge in [0.05, 0.1) is 4.88 Å². The molecule has 0 aliphatic heterocycles. The van der Waals surface area contributed by atoms with Gasteiger partial charge < -0.3 is 0 Å². The Kier molecular flexibility index (Phi) is 3.19. The average molecular weight is 327 g/mol. The van der Waals surface area contributed by atoms with Crippen LogP contribution in [0, 0.1) is 0 Å². The van der Waals surface area contributed by atoms with Crippen molar-refractivity contribution in [2.24, 2.45) is 0 Å². The van der Waals surface area contributed by atoms with Gasteiger partial charge in [0.15, 0.2) is 5.78 Å². The third-order valence-electron chi connectivity index (χ3n) is 2.98. The molecule has 17 heavy (non-hydrogen) atoms. The predicted octanol–water partition coefficient (Wildman–Crippen LogP) is 4.49. The van der Waals surface area contributed by atoms with Crippen molar-refractivity contribution in [1.82, 2.24) is 0 Å². The normalized spacial score (nSPS) is 13.9. The Balaban J connectivity index is 1.77. The zero-order chi connectivity index (χ0) is 11.8. The van der Waals surface area contributed by atoms with Crippen LogP contribution in [-0.2, 0) is 19.3 Å². The van der Waals surface area contributed by atoms with Crippen LogP contribution < -0.4 is 0 Å². The van der Waals surface area contributed by atoms with Crippen LogP contribution in [0.2, 0.25) is 0 Å². The SMILES string of the molecule is O=C(Cc1cc(Br)cs1)c1cc2c(s1)CCC2. The highest BCUT2D eigenvalue weighted by Gasteiger charge is 2.18. The number of hydrogen-bond donors (Lipinski definition) is 0. The van der Waals surface area contributed by atoms with Crippen molar-refractivity contribution in [2.75, 3.05) is 0 Å². The molecule has 2 heterocycles. The van der Waals surface area contributed by atoms with Gasteiger partial charge in [-0.05, 0) is 52.9 Å². The van der Waals surface area contributed by atoms with Crippen LogP contribution in [0.1, 0.15) is 31.4 Å². The highest BCUT2D eigenvalue weighted by Crippen LogP contribution is 2.31. The fourth-order valence-electron chi connectivity index (χ4n) is 2.16. The van der Waals surface area contributed by atoms with Crippen LogP contribution in [0.5, 0.6) is 0 Å². The summed E-state index contributed by atoms with van der Waals surface area (Å²) < 4.78 is 1.07. The van der Waals surface area contributed by atoms with E-state index in [0.29, 0.717) is 6.42 Å². The van der Waals surface area contributed by atoms with E-state index in [9.17, 15) is 4.79 Å². The highest BCUT2D eigenvalue weighted by atomic mass is 79.9. The van der Waals surface area contributed by atoms with Crippen molar-refractivity contribution in [2.45, 2.75) is 25.7 Å². The summed E-state index contributed by atoms with van der Waals surface area (Å²) >= 11 is 6.76. The summed E-state index contributed by atoms with van der Waals surface area (Å²) in [5, 5.41) is 2.02. The van der Waals surface area contributed by atoms with Crippen LogP contribution in [-0.4, -0.2) is 5.78 Å². The van der Waals surface area contributed by atoms with E-state index in [2.05, 4.69) is 22.0 Å². The smallest absolute Gasteiger partial charge is 0.177 e. The first-order valence-electron chi connectivity index (χ1n) is 5.60. The van der Waals surface area contributed by atoms with Gasteiger partial charge in [-0.2, -0.15) is 0 Å². The first-order valence-corrected chi connectivity index (χ1v) is 8.09. The molecule has 0 amide bonds.